The predicted molar refractivity (Wildman–Crippen MR) is 78.7 cm³/mol. The molecule has 0 bridgehead atoms. The average Bonchev–Trinajstić information content (AvgIpc) is 2.85. The zero-order chi connectivity index (χ0) is 15.0. The first-order valence-corrected chi connectivity index (χ1v) is 8.48. The average molecular weight is 305 g/mol. The maximum atomic E-state index is 12.4. The molecule has 6 nitrogen and oxygen atoms in total. The molecular formula is C14H15N3O3S. The monoisotopic (exact) mass is 305 g/mol. The van der Waals surface area contributed by atoms with E-state index in [4.69, 9.17) is 0 Å². The molecule has 0 radical (unpaired) electrons. The molecular weight excluding hydrogens is 290 g/mol. The van der Waals surface area contributed by atoms with Crippen LogP contribution in [0.25, 0.3) is 10.9 Å². The molecule has 1 aliphatic heterocycles. The Morgan fingerprint density at radius 1 is 1.29 bits per heavy atom. The van der Waals surface area contributed by atoms with Gasteiger partial charge in [-0.1, -0.05) is 18.2 Å². The molecule has 1 saturated heterocycles. The summed E-state index contributed by atoms with van der Waals surface area (Å²) in [5.41, 5.74) is 0.959. The van der Waals surface area contributed by atoms with Gasteiger partial charge in [-0.3, -0.25) is 4.79 Å². The van der Waals surface area contributed by atoms with Crippen molar-refractivity contribution in [1.82, 2.24) is 15.1 Å². The van der Waals surface area contributed by atoms with Crippen molar-refractivity contribution in [1.29, 1.82) is 0 Å². The zero-order valence-corrected chi connectivity index (χ0v) is 12.4. The summed E-state index contributed by atoms with van der Waals surface area (Å²) in [4.78, 5) is 13.9. The molecule has 7 heteroatoms. The van der Waals surface area contributed by atoms with Gasteiger partial charge in [-0.2, -0.15) is 0 Å². The van der Waals surface area contributed by atoms with Crippen molar-refractivity contribution in [3.63, 3.8) is 0 Å². The summed E-state index contributed by atoms with van der Waals surface area (Å²) in [6.45, 7) is 0. The van der Waals surface area contributed by atoms with E-state index in [-0.39, 0.29) is 29.1 Å². The predicted octanol–water partition coefficient (Wildman–Crippen LogP) is 0.889. The molecule has 2 heterocycles. The van der Waals surface area contributed by atoms with Crippen LogP contribution in [0.2, 0.25) is 0 Å². The number of sulfone groups is 1. The van der Waals surface area contributed by atoms with Gasteiger partial charge in [0.05, 0.1) is 17.0 Å². The molecule has 1 atom stereocenters. The van der Waals surface area contributed by atoms with E-state index >= 15 is 0 Å². The molecule has 0 spiro atoms. The van der Waals surface area contributed by atoms with Crippen molar-refractivity contribution >= 4 is 26.6 Å². The van der Waals surface area contributed by atoms with E-state index in [0.717, 1.165) is 10.9 Å². The van der Waals surface area contributed by atoms with Crippen LogP contribution >= 0.6 is 0 Å². The van der Waals surface area contributed by atoms with Crippen molar-refractivity contribution in [2.45, 2.75) is 12.5 Å². The van der Waals surface area contributed by atoms with Crippen LogP contribution in [0.1, 0.15) is 16.9 Å². The van der Waals surface area contributed by atoms with E-state index in [9.17, 15) is 13.2 Å². The summed E-state index contributed by atoms with van der Waals surface area (Å²) in [6.07, 6.45) is 0.478. The summed E-state index contributed by atoms with van der Waals surface area (Å²) in [5, 5.41) is 8.81. The van der Waals surface area contributed by atoms with Crippen LogP contribution in [0.15, 0.2) is 30.3 Å². The smallest absolute Gasteiger partial charge is 0.274 e. The summed E-state index contributed by atoms with van der Waals surface area (Å²) < 4.78 is 23.0. The van der Waals surface area contributed by atoms with Gasteiger partial charge >= 0.3 is 0 Å². The van der Waals surface area contributed by atoms with Crippen LogP contribution in [0, 0.1) is 0 Å². The Morgan fingerprint density at radius 2 is 2.05 bits per heavy atom. The molecule has 3 rings (SSSR count). The molecule has 1 unspecified atom stereocenters. The van der Waals surface area contributed by atoms with Crippen molar-refractivity contribution in [3.05, 3.63) is 36.0 Å². The van der Waals surface area contributed by atoms with Crippen LogP contribution < -0.4 is 0 Å². The third kappa shape index (κ3) is 2.73. The lowest BCUT2D eigenvalue weighted by Crippen LogP contribution is -2.38. The largest absolute Gasteiger partial charge is 0.336 e. The number of hydrogen-bond acceptors (Lipinski definition) is 5. The Kier molecular flexibility index (Phi) is 3.36. The Bertz CT molecular complexity index is 804. The van der Waals surface area contributed by atoms with Crippen molar-refractivity contribution in [3.8, 4) is 0 Å². The highest BCUT2D eigenvalue weighted by Crippen LogP contribution is 2.19. The van der Waals surface area contributed by atoms with Gasteiger partial charge < -0.3 is 4.90 Å². The lowest BCUT2D eigenvalue weighted by Gasteiger charge is -2.22. The minimum atomic E-state index is -3.02. The second kappa shape index (κ2) is 5.07. The van der Waals surface area contributed by atoms with Gasteiger partial charge in [0.1, 0.15) is 0 Å². The second-order valence-corrected chi connectivity index (χ2v) is 7.49. The minimum absolute atomic E-state index is 0.0241. The number of rotatable bonds is 2. The topological polar surface area (TPSA) is 80.2 Å². The number of amides is 1. The molecule has 0 aliphatic carbocycles. The molecule has 21 heavy (non-hydrogen) atoms. The van der Waals surface area contributed by atoms with Crippen LogP contribution in [-0.2, 0) is 9.84 Å². The lowest BCUT2D eigenvalue weighted by molar-refractivity contribution is 0.0741. The number of hydrogen-bond donors (Lipinski definition) is 0. The number of nitrogens with zero attached hydrogens (tertiary/aromatic N) is 3. The number of carbonyl (C=O) groups is 1. The Hall–Kier alpha value is -2.02. The van der Waals surface area contributed by atoms with Crippen LogP contribution in [0.3, 0.4) is 0 Å². The molecule has 1 aliphatic rings. The fourth-order valence-electron chi connectivity index (χ4n) is 2.52. The van der Waals surface area contributed by atoms with Gasteiger partial charge in [0.2, 0.25) is 0 Å². The molecule has 1 aromatic heterocycles. The van der Waals surface area contributed by atoms with E-state index in [1.807, 2.05) is 24.3 Å². The third-order valence-corrected chi connectivity index (χ3v) is 5.54. The Morgan fingerprint density at radius 3 is 2.76 bits per heavy atom. The van der Waals surface area contributed by atoms with E-state index in [1.54, 1.807) is 13.1 Å². The maximum Gasteiger partial charge on any atom is 0.274 e. The van der Waals surface area contributed by atoms with Crippen LogP contribution in [0.5, 0.6) is 0 Å². The van der Waals surface area contributed by atoms with Crippen molar-refractivity contribution in [2.24, 2.45) is 0 Å². The highest BCUT2D eigenvalue weighted by Gasteiger charge is 2.33. The summed E-state index contributed by atoms with van der Waals surface area (Å²) in [7, 11) is -1.41. The van der Waals surface area contributed by atoms with Gasteiger partial charge in [0, 0.05) is 18.5 Å². The van der Waals surface area contributed by atoms with E-state index in [1.165, 1.54) is 4.90 Å². The van der Waals surface area contributed by atoms with Crippen molar-refractivity contribution in [2.75, 3.05) is 18.6 Å². The van der Waals surface area contributed by atoms with Gasteiger partial charge in [-0.25, -0.2) is 8.42 Å². The van der Waals surface area contributed by atoms with Crippen LogP contribution in [-0.4, -0.2) is 54.0 Å². The van der Waals surface area contributed by atoms with Crippen molar-refractivity contribution < 1.29 is 13.2 Å². The number of aromatic nitrogens is 2. The van der Waals surface area contributed by atoms with E-state index in [2.05, 4.69) is 10.2 Å². The summed E-state index contributed by atoms with van der Waals surface area (Å²) in [5.74, 6) is -0.134. The minimum Gasteiger partial charge on any atom is -0.336 e. The maximum absolute atomic E-state index is 12.4. The number of fused-ring (bicyclic) bond motifs is 1. The lowest BCUT2D eigenvalue weighted by atomic mass is 10.2. The fourth-order valence-corrected chi connectivity index (χ4v) is 4.29. The van der Waals surface area contributed by atoms with Crippen LogP contribution in [0.4, 0.5) is 0 Å². The molecule has 0 saturated carbocycles. The first-order chi connectivity index (χ1) is 9.96. The fraction of sp³-hybridized carbons (Fsp3) is 0.357. The van der Waals surface area contributed by atoms with Gasteiger partial charge in [0.15, 0.2) is 15.5 Å². The summed E-state index contributed by atoms with van der Waals surface area (Å²) in [6, 6.07) is 8.81. The molecule has 0 N–H and O–H groups in total. The second-order valence-electron chi connectivity index (χ2n) is 5.26. The van der Waals surface area contributed by atoms with E-state index < -0.39 is 9.84 Å². The number of benzene rings is 1. The van der Waals surface area contributed by atoms with E-state index in [0.29, 0.717) is 6.42 Å². The Labute approximate surface area is 122 Å². The third-order valence-electron chi connectivity index (χ3n) is 3.79. The number of carbonyl (C=O) groups excluding carboxylic acids is 1. The zero-order valence-electron chi connectivity index (χ0n) is 11.6. The quantitative estimate of drug-likeness (QED) is 0.823. The standard InChI is InChI=1S/C14H15N3O3S/c1-17(11-6-7-21(19,20)9-11)14(18)13-8-10-4-2-3-5-12(10)15-16-13/h2-5,8,11H,6-7,9H2,1H3. The normalized spacial score (nSPS) is 20.5. The van der Waals surface area contributed by atoms with Gasteiger partial charge in [-0.15, -0.1) is 10.2 Å². The molecule has 110 valence electrons. The molecule has 1 fully saturated rings. The SMILES string of the molecule is CN(C(=O)c1cc2ccccc2nn1)C1CCS(=O)(=O)C1. The molecule has 2 aromatic rings. The highest BCUT2D eigenvalue weighted by molar-refractivity contribution is 7.91. The molecule has 1 aromatic carbocycles. The summed E-state index contributed by atoms with van der Waals surface area (Å²) >= 11 is 0. The van der Waals surface area contributed by atoms with Gasteiger partial charge in [-0.05, 0) is 18.6 Å². The molecule has 1 amide bonds. The first kappa shape index (κ1) is 13.9. The van der Waals surface area contributed by atoms with Gasteiger partial charge in [0.25, 0.3) is 5.91 Å². The first-order valence-electron chi connectivity index (χ1n) is 6.66. The Balaban J connectivity index is 1.86. The highest BCUT2D eigenvalue weighted by atomic mass is 32.2.